The molecular weight excluding hydrogens is 262 g/mol. The van der Waals surface area contributed by atoms with Gasteiger partial charge in [-0.1, -0.05) is 11.6 Å². The van der Waals surface area contributed by atoms with Crippen LogP contribution in [-0.2, 0) is 0 Å². The Balaban J connectivity index is 2.09. The van der Waals surface area contributed by atoms with Gasteiger partial charge in [0.25, 0.3) is 0 Å². The predicted molar refractivity (Wildman–Crippen MR) is 69.7 cm³/mol. The molecule has 2 aromatic heterocycles. The molecule has 82 valence electrons. The number of hydrogen-bond donors (Lipinski definition) is 0. The van der Waals surface area contributed by atoms with Crippen molar-refractivity contribution in [2.45, 2.75) is 5.37 Å². The van der Waals surface area contributed by atoms with E-state index in [0.717, 1.165) is 10.2 Å². The van der Waals surface area contributed by atoms with Crippen LogP contribution in [0.3, 0.4) is 0 Å². The van der Waals surface area contributed by atoms with E-state index in [1.165, 1.54) is 11.2 Å². The van der Waals surface area contributed by atoms with Crippen LogP contribution in [0.15, 0.2) is 24.0 Å². The number of fused-ring (bicyclic) bond motifs is 1. The highest BCUT2D eigenvalue weighted by atomic mass is 35.5. The molecule has 1 unspecified atom stereocenters. The molecule has 0 aromatic carbocycles. The van der Waals surface area contributed by atoms with Crippen molar-refractivity contribution in [1.29, 1.82) is 0 Å². The zero-order valence-electron chi connectivity index (χ0n) is 8.42. The lowest BCUT2D eigenvalue weighted by molar-refractivity contribution is 0.453. The molecule has 0 N–H and O–H groups in total. The summed E-state index contributed by atoms with van der Waals surface area (Å²) in [5, 5.41) is 2.98. The fourth-order valence-electron chi connectivity index (χ4n) is 1.61. The molecule has 1 aliphatic rings. The number of nitrogens with zero attached hydrogens (tertiary/aromatic N) is 3. The molecule has 0 amide bonds. The molecule has 6 heteroatoms. The summed E-state index contributed by atoms with van der Waals surface area (Å²) in [6, 6.07) is 2.09. The normalized spacial score (nSPS) is 19.9. The van der Waals surface area contributed by atoms with Crippen LogP contribution in [0.2, 0.25) is 5.15 Å². The lowest BCUT2D eigenvalue weighted by atomic mass is 10.4. The van der Waals surface area contributed by atoms with Crippen molar-refractivity contribution < 1.29 is 0 Å². The highest BCUT2D eigenvalue weighted by Gasteiger charge is 2.21. The van der Waals surface area contributed by atoms with Crippen LogP contribution in [0.5, 0.6) is 0 Å². The van der Waals surface area contributed by atoms with Gasteiger partial charge in [0.15, 0.2) is 0 Å². The molecule has 0 saturated carbocycles. The highest BCUT2D eigenvalue weighted by Crippen LogP contribution is 2.43. The minimum Gasteiger partial charge on any atom is -0.363 e. The highest BCUT2D eigenvalue weighted by molar-refractivity contribution is 8.02. The minimum absolute atomic E-state index is 0.343. The molecule has 0 bridgehead atoms. The second-order valence-corrected chi connectivity index (χ2v) is 5.90. The van der Waals surface area contributed by atoms with Crippen molar-refractivity contribution in [3.05, 3.63) is 34.0 Å². The topological polar surface area (TPSA) is 29.0 Å². The van der Waals surface area contributed by atoms with Gasteiger partial charge in [-0.2, -0.15) is 0 Å². The third-order valence-corrected chi connectivity index (χ3v) is 5.26. The van der Waals surface area contributed by atoms with Crippen LogP contribution >= 0.6 is 34.7 Å². The first-order chi connectivity index (χ1) is 7.75. The average Bonchev–Trinajstić information content (AvgIpc) is 2.84. The van der Waals surface area contributed by atoms with Crippen molar-refractivity contribution >= 4 is 44.9 Å². The van der Waals surface area contributed by atoms with E-state index in [1.807, 2.05) is 0 Å². The zero-order chi connectivity index (χ0) is 11.1. The van der Waals surface area contributed by atoms with Crippen LogP contribution in [0.1, 0.15) is 10.3 Å². The number of halogens is 1. The summed E-state index contributed by atoms with van der Waals surface area (Å²) in [4.78, 5) is 11.7. The van der Waals surface area contributed by atoms with Gasteiger partial charge in [0.1, 0.15) is 16.9 Å². The van der Waals surface area contributed by atoms with Crippen LogP contribution in [0, 0.1) is 0 Å². The van der Waals surface area contributed by atoms with Gasteiger partial charge < -0.3 is 4.90 Å². The summed E-state index contributed by atoms with van der Waals surface area (Å²) in [7, 11) is 2.07. The van der Waals surface area contributed by atoms with E-state index in [9.17, 15) is 0 Å². The molecule has 0 spiro atoms. The second kappa shape index (κ2) is 3.91. The monoisotopic (exact) mass is 269 g/mol. The maximum atomic E-state index is 6.04. The fourth-order valence-corrected chi connectivity index (χ4v) is 4.08. The summed E-state index contributed by atoms with van der Waals surface area (Å²) >= 11 is 9.49. The van der Waals surface area contributed by atoms with Gasteiger partial charge >= 0.3 is 0 Å². The number of thiophene rings is 1. The molecule has 0 aliphatic carbocycles. The summed E-state index contributed by atoms with van der Waals surface area (Å²) in [6.07, 6.45) is 3.58. The molecule has 1 atom stereocenters. The Morgan fingerprint density at radius 2 is 2.31 bits per heavy atom. The Kier molecular flexibility index (Phi) is 2.53. The third-order valence-electron chi connectivity index (χ3n) is 2.40. The average molecular weight is 270 g/mol. The molecule has 1 aliphatic heterocycles. The predicted octanol–water partition coefficient (Wildman–Crippen LogP) is 3.49. The van der Waals surface area contributed by atoms with Crippen LogP contribution < -0.4 is 0 Å². The Morgan fingerprint density at radius 3 is 3.00 bits per heavy atom. The molecule has 0 saturated heterocycles. The van der Waals surface area contributed by atoms with Gasteiger partial charge in [0, 0.05) is 18.1 Å². The number of hydrogen-bond acceptors (Lipinski definition) is 5. The Morgan fingerprint density at radius 1 is 1.44 bits per heavy atom. The lowest BCUT2D eigenvalue weighted by Gasteiger charge is -2.17. The van der Waals surface area contributed by atoms with Gasteiger partial charge in [-0.3, -0.25) is 0 Å². The quantitative estimate of drug-likeness (QED) is 0.741. The fraction of sp³-hybridized carbons (Fsp3) is 0.200. The van der Waals surface area contributed by atoms with Crippen molar-refractivity contribution in [2.24, 2.45) is 0 Å². The summed E-state index contributed by atoms with van der Waals surface area (Å²) in [5.74, 6) is 0. The number of thioether (sulfide) groups is 1. The van der Waals surface area contributed by atoms with E-state index in [1.54, 1.807) is 23.1 Å². The molecule has 3 nitrogen and oxygen atoms in total. The Bertz CT molecular complexity index is 566. The molecule has 16 heavy (non-hydrogen) atoms. The summed E-state index contributed by atoms with van der Waals surface area (Å²) in [5.41, 5.74) is 0.931. The first kappa shape index (κ1) is 10.4. The Labute approximate surface area is 106 Å². The smallest absolute Gasteiger partial charge is 0.150 e. The molecular formula is C10H8ClN3S2. The largest absolute Gasteiger partial charge is 0.363 e. The van der Waals surface area contributed by atoms with Crippen molar-refractivity contribution in [3.63, 3.8) is 0 Å². The van der Waals surface area contributed by atoms with Crippen LogP contribution in [0.4, 0.5) is 0 Å². The first-order valence-electron chi connectivity index (χ1n) is 4.70. The standard InChI is InChI=1S/C10H8ClN3S2/c1-14-2-3-15-10(14)7-4-6-8(16-7)9(11)13-5-12-6/h2-5,10H,1H3. The maximum absolute atomic E-state index is 6.04. The van der Waals surface area contributed by atoms with Gasteiger partial charge in [-0.25, -0.2) is 9.97 Å². The van der Waals surface area contributed by atoms with Gasteiger partial charge in [-0.05, 0) is 11.5 Å². The van der Waals surface area contributed by atoms with E-state index in [-0.39, 0.29) is 0 Å². The zero-order valence-corrected chi connectivity index (χ0v) is 10.8. The van der Waals surface area contributed by atoms with Gasteiger partial charge in [-0.15, -0.1) is 23.1 Å². The van der Waals surface area contributed by atoms with Crippen molar-refractivity contribution in [2.75, 3.05) is 7.05 Å². The van der Waals surface area contributed by atoms with E-state index in [4.69, 9.17) is 11.6 Å². The van der Waals surface area contributed by atoms with Crippen molar-refractivity contribution in [3.8, 4) is 0 Å². The Hall–Kier alpha value is -0.780. The molecule has 3 heterocycles. The minimum atomic E-state index is 0.343. The second-order valence-electron chi connectivity index (χ2n) is 3.47. The molecule has 0 fully saturated rings. The summed E-state index contributed by atoms with van der Waals surface area (Å²) in [6.45, 7) is 0. The van der Waals surface area contributed by atoms with Crippen LogP contribution in [-0.4, -0.2) is 21.9 Å². The maximum Gasteiger partial charge on any atom is 0.150 e. The lowest BCUT2D eigenvalue weighted by Crippen LogP contribution is -2.10. The van der Waals surface area contributed by atoms with Crippen LogP contribution in [0.25, 0.3) is 10.2 Å². The number of aromatic nitrogens is 2. The summed E-state index contributed by atoms with van der Waals surface area (Å²) < 4.78 is 0.972. The van der Waals surface area contributed by atoms with Gasteiger partial charge in [0.05, 0.1) is 10.2 Å². The SMILES string of the molecule is CN1C=CSC1c1cc2ncnc(Cl)c2s1. The van der Waals surface area contributed by atoms with Crippen molar-refractivity contribution in [1.82, 2.24) is 14.9 Å². The third kappa shape index (κ3) is 1.59. The first-order valence-corrected chi connectivity index (χ1v) is 6.83. The van der Waals surface area contributed by atoms with E-state index in [0.29, 0.717) is 10.5 Å². The van der Waals surface area contributed by atoms with E-state index in [2.05, 4.69) is 39.6 Å². The molecule has 0 radical (unpaired) electrons. The van der Waals surface area contributed by atoms with E-state index < -0.39 is 0 Å². The molecule has 3 rings (SSSR count). The molecule has 2 aromatic rings. The van der Waals surface area contributed by atoms with Gasteiger partial charge in [0.2, 0.25) is 0 Å². The van der Waals surface area contributed by atoms with E-state index >= 15 is 0 Å². The number of rotatable bonds is 1.